The third-order valence-corrected chi connectivity index (χ3v) is 8.98. The van der Waals surface area contributed by atoms with Crippen LogP contribution in [0.25, 0.3) is 6.08 Å². The highest BCUT2D eigenvalue weighted by atomic mass is 19.4. The summed E-state index contributed by atoms with van der Waals surface area (Å²) in [6.45, 7) is 1.14. The van der Waals surface area contributed by atoms with Crippen molar-refractivity contribution in [1.29, 1.82) is 0 Å². The van der Waals surface area contributed by atoms with Crippen molar-refractivity contribution in [3.05, 3.63) is 34.7 Å². The predicted octanol–water partition coefficient (Wildman–Crippen LogP) is 2.24. The number of carbonyl (C=O) groups excluding carboxylic acids is 3. The Bertz CT molecular complexity index is 1490. The van der Waals surface area contributed by atoms with Gasteiger partial charge in [0.25, 0.3) is 5.91 Å². The van der Waals surface area contributed by atoms with Crippen LogP contribution in [0.5, 0.6) is 0 Å². The molecule has 3 heterocycles. The Labute approximate surface area is 254 Å². The largest absolute Gasteiger partial charge is 0.408 e. The van der Waals surface area contributed by atoms with Gasteiger partial charge in [-0.15, -0.1) is 0 Å². The van der Waals surface area contributed by atoms with Gasteiger partial charge in [-0.3, -0.25) is 19.8 Å². The van der Waals surface area contributed by atoms with Gasteiger partial charge in [0, 0.05) is 51.1 Å². The van der Waals surface area contributed by atoms with Gasteiger partial charge < -0.3 is 20.5 Å². The van der Waals surface area contributed by atoms with Crippen molar-refractivity contribution in [2.75, 3.05) is 7.05 Å². The van der Waals surface area contributed by atoms with Gasteiger partial charge in [0.1, 0.15) is 23.1 Å². The Morgan fingerprint density at radius 1 is 1.22 bits per heavy atom. The zero-order valence-electron chi connectivity index (χ0n) is 24.6. The van der Waals surface area contributed by atoms with Crippen molar-refractivity contribution in [3.63, 3.8) is 0 Å². The SMILES string of the molecule is CC(=O)N(C)[C@]1(C/C(C=[NH2+])=C/c2ncc([C@@H](NC(=O)c3nonc3C3CC3)C3CCC(F)(F)CC3)[nH]2)C[C@@H](C(F)(F)F)NC1=O. The molecule has 0 aromatic carbocycles. The van der Waals surface area contributed by atoms with Crippen molar-refractivity contribution in [2.45, 2.75) is 93.9 Å². The minimum absolute atomic E-state index is 0.0233. The summed E-state index contributed by atoms with van der Waals surface area (Å²) in [6, 6.07) is -2.94. The van der Waals surface area contributed by atoms with Crippen LogP contribution in [0.15, 0.2) is 16.4 Å². The molecule has 2 aromatic rings. The van der Waals surface area contributed by atoms with E-state index in [4.69, 9.17) is 10.0 Å². The summed E-state index contributed by atoms with van der Waals surface area (Å²) in [5, 5.41) is 18.3. The van der Waals surface area contributed by atoms with E-state index in [9.17, 15) is 36.3 Å². The highest BCUT2D eigenvalue weighted by molar-refractivity contribution is 5.95. The Hall–Kier alpha value is -4.18. The van der Waals surface area contributed by atoms with Gasteiger partial charge in [-0.25, -0.2) is 18.4 Å². The molecule has 2 saturated carbocycles. The first-order valence-electron chi connectivity index (χ1n) is 14.6. The average molecular weight is 642 g/mol. The first kappa shape index (κ1) is 32.2. The number of nitrogens with one attached hydrogen (secondary N) is 3. The normalized spacial score (nSPS) is 24.6. The molecule has 244 valence electrons. The zero-order chi connectivity index (χ0) is 32.7. The lowest BCUT2D eigenvalue weighted by molar-refractivity contribution is -0.155. The number of amides is 3. The van der Waals surface area contributed by atoms with Crippen LogP contribution in [0.3, 0.4) is 0 Å². The minimum atomic E-state index is -4.73. The van der Waals surface area contributed by atoms with Crippen LogP contribution in [0.2, 0.25) is 0 Å². The van der Waals surface area contributed by atoms with Crippen molar-refractivity contribution in [3.8, 4) is 0 Å². The van der Waals surface area contributed by atoms with Gasteiger partial charge in [-0.2, -0.15) is 13.2 Å². The molecule has 45 heavy (non-hydrogen) atoms. The molecule has 0 bridgehead atoms. The minimum Gasteiger partial charge on any atom is -0.342 e. The Kier molecular flexibility index (Phi) is 8.57. The van der Waals surface area contributed by atoms with Gasteiger partial charge >= 0.3 is 6.18 Å². The number of carbonyl (C=O) groups is 3. The Morgan fingerprint density at radius 2 is 1.91 bits per heavy atom. The van der Waals surface area contributed by atoms with Crippen molar-refractivity contribution < 1.29 is 46.4 Å². The van der Waals surface area contributed by atoms with Crippen LogP contribution in [0, 0.1) is 5.92 Å². The summed E-state index contributed by atoms with van der Waals surface area (Å²) in [7, 11) is 1.25. The van der Waals surface area contributed by atoms with Crippen LogP contribution in [-0.2, 0) is 9.59 Å². The molecule has 0 radical (unpaired) electrons. The lowest BCUT2D eigenvalue weighted by atomic mass is 9.81. The second-order valence-electron chi connectivity index (χ2n) is 12.1. The lowest BCUT2D eigenvalue weighted by Gasteiger charge is -2.36. The molecule has 1 saturated heterocycles. The van der Waals surface area contributed by atoms with E-state index in [1.54, 1.807) is 0 Å². The molecule has 3 atom stereocenters. The molecule has 5 N–H and O–H groups in total. The van der Waals surface area contributed by atoms with E-state index in [0.717, 1.165) is 30.9 Å². The topological polar surface area (TPSA) is 172 Å². The molecule has 3 fully saturated rings. The number of imidazole rings is 1. The first-order chi connectivity index (χ1) is 21.1. The molecule has 0 spiro atoms. The van der Waals surface area contributed by atoms with Gasteiger partial charge in [0.2, 0.25) is 17.7 Å². The number of nitrogens with zero attached hydrogens (tertiary/aromatic N) is 4. The van der Waals surface area contributed by atoms with E-state index >= 15 is 0 Å². The summed E-state index contributed by atoms with van der Waals surface area (Å²) < 4.78 is 73.5. The molecule has 2 aliphatic carbocycles. The van der Waals surface area contributed by atoms with Crippen molar-refractivity contribution in [1.82, 2.24) is 35.8 Å². The van der Waals surface area contributed by atoms with Gasteiger partial charge in [-0.05, 0) is 42.8 Å². The third kappa shape index (κ3) is 6.76. The van der Waals surface area contributed by atoms with Crippen LogP contribution < -0.4 is 16.0 Å². The highest BCUT2D eigenvalue weighted by Crippen LogP contribution is 2.43. The van der Waals surface area contributed by atoms with E-state index in [1.165, 1.54) is 19.3 Å². The van der Waals surface area contributed by atoms with Crippen LogP contribution in [0.1, 0.15) is 98.0 Å². The quantitative estimate of drug-likeness (QED) is 0.228. The number of hydrogen-bond donors (Lipinski definition) is 4. The maximum absolute atomic E-state index is 14.0. The first-order valence-corrected chi connectivity index (χ1v) is 14.6. The molecule has 0 unspecified atom stereocenters. The van der Waals surface area contributed by atoms with Gasteiger partial charge in [0.15, 0.2) is 11.9 Å². The summed E-state index contributed by atoms with van der Waals surface area (Å²) in [5.74, 6) is -5.12. The van der Waals surface area contributed by atoms with Gasteiger partial charge in [-0.1, -0.05) is 5.16 Å². The summed E-state index contributed by atoms with van der Waals surface area (Å²) in [6.07, 6.45) is -0.674. The summed E-state index contributed by atoms with van der Waals surface area (Å²) in [4.78, 5) is 46.8. The van der Waals surface area contributed by atoms with Crippen LogP contribution in [-0.4, -0.2) is 79.8 Å². The number of nitrogens with two attached hydrogens (primary N) is 1. The smallest absolute Gasteiger partial charge is 0.342 e. The standard InChI is InChI=1S/C28H33F5N8O4/c1-14(42)41(2)26(11-19(28(31,32)33)37-25(26)44)10-15(12-34)9-20-35-13-18(36-20)21(17-5-7-27(29,30)8-6-17)38-24(43)23-22(16-3-4-16)39-45-40-23/h9,12-13,16-17,19,21,34H,3-8,10-11H2,1-2H3,(H,35,36)(H,37,44)(H,38,43)/p+1/b15-9-,34-12?/t19-,21-,26+/m0/s1. The fourth-order valence-corrected chi connectivity index (χ4v) is 6.12. The van der Waals surface area contributed by atoms with E-state index in [1.807, 2.05) is 5.32 Å². The zero-order valence-corrected chi connectivity index (χ0v) is 24.6. The van der Waals surface area contributed by atoms with E-state index in [0.29, 0.717) is 11.4 Å². The molecule has 3 aliphatic rings. The van der Waals surface area contributed by atoms with Crippen molar-refractivity contribution in [2.24, 2.45) is 5.92 Å². The van der Waals surface area contributed by atoms with Crippen LogP contribution in [0.4, 0.5) is 22.0 Å². The number of halogens is 5. The van der Waals surface area contributed by atoms with E-state index in [2.05, 4.69) is 25.6 Å². The molecular formula is C28H34F5N8O4+. The third-order valence-electron chi connectivity index (χ3n) is 8.98. The second-order valence-corrected chi connectivity index (χ2v) is 12.1. The number of rotatable bonds is 10. The number of hydrogen-bond acceptors (Lipinski definition) is 7. The molecule has 2 aromatic heterocycles. The maximum atomic E-state index is 14.0. The highest BCUT2D eigenvalue weighted by Gasteiger charge is 2.58. The van der Waals surface area contributed by atoms with E-state index in [-0.39, 0.29) is 61.0 Å². The number of aromatic amines is 1. The fourth-order valence-electron chi connectivity index (χ4n) is 6.12. The number of H-pyrrole nitrogens is 1. The fraction of sp³-hybridized carbons (Fsp3) is 0.607. The average Bonchev–Trinajstić information content (AvgIpc) is 3.35. The molecule has 12 nitrogen and oxygen atoms in total. The molecule has 17 heteroatoms. The molecule has 5 rings (SSSR count). The number of aromatic nitrogens is 4. The number of alkyl halides is 5. The molecule has 1 aliphatic heterocycles. The summed E-state index contributed by atoms with van der Waals surface area (Å²) >= 11 is 0. The Balaban J connectivity index is 1.42. The second kappa shape index (κ2) is 12.0. The van der Waals surface area contributed by atoms with Crippen LogP contribution >= 0.6 is 0 Å². The summed E-state index contributed by atoms with van der Waals surface area (Å²) in [5.41, 5.74) is -0.835. The van der Waals surface area contributed by atoms with Gasteiger partial charge in [0.05, 0.1) is 17.9 Å². The maximum Gasteiger partial charge on any atom is 0.408 e. The molecule has 3 amide bonds. The Morgan fingerprint density at radius 3 is 2.49 bits per heavy atom. The van der Waals surface area contributed by atoms with Crippen molar-refractivity contribution >= 4 is 30.0 Å². The number of likely N-dealkylation sites (N-methyl/N-ethyl adjacent to an activating group) is 1. The van der Waals surface area contributed by atoms with E-state index < -0.39 is 53.9 Å². The predicted molar refractivity (Wildman–Crippen MR) is 146 cm³/mol. The lowest BCUT2D eigenvalue weighted by Crippen LogP contribution is -2.54. The molecular weight excluding hydrogens is 607 g/mol. The monoisotopic (exact) mass is 641 g/mol.